The molecule has 0 saturated heterocycles. The third-order valence-electron chi connectivity index (χ3n) is 2.74. The number of ether oxygens (including phenoxy) is 1. The summed E-state index contributed by atoms with van der Waals surface area (Å²) in [5, 5.41) is 0. The topological polar surface area (TPSA) is 9.23 Å². The van der Waals surface area contributed by atoms with Crippen LogP contribution >= 0.6 is 12.6 Å². The van der Waals surface area contributed by atoms with E-state index in [1.165, 1.54) is 32.1 Å². The predicted molar refractivity (Wildman–Crippen MR) is 60.4 cm³/mol. The van der Waals surface area contributed by atoms with Crippen LogP contribution in [0.3, 0.4) is 0 Å². The van der Waals surface area contributed by atoms with E-state index in [0.29, 0.717) is 0 Å². The Bertz CT molecular complexity index is 123. The average Bonchev–Trinajstić information content (AvgIpc) is 2.88. The lowest BCUT2D eigenvalue weighted by Gasteiger charge is -2.09. The van der Waals surface area contributed by atoms with E-state index in [0.717, 1.165) is 30.8 Å². The second-order valence-corrected chi connectivity index (χ2v) is 4.70. The largest absolute Gasteiger partial charge is 0.381 e. The summed E-state index contributed by atoms with van der Waals surface area (Å²) in [7, 11) is 0. The van der Waals surface area contributed by atoms with Crippen molar-refractivity contribution in [3.05, 3.63) is 0 Å². The Morgan fingerprint density at radius 2 is 2.08 bits per heavy atom. The molecule has 1 aliphatic rings. The van der Waals surface area contributed by atoms with Crippen molar-refractivity contribution in [1.29, 1.82) is 0 Å². The van der Waals surface area contributed by atoms with Gasteiger partial charge in [-0.05, 0) is 36.9 Å². The highest BCUT2D eigenvalue weighted by atomic mass is 32.1. The summed E-state index contributed by atoms with van der Waals surface area (Å²) in [6, 6.07) is 0. The van der Waals surface area contributed by atoms with Gasteiger partial charge in [0.15, 0.2) is 0 Å². The Labute approximate surface area is 87.7 Å². The standard InChI is InChI=1S/C11H22OS/c1-10(6-9-13)4-7-12-8-5-11-2-3-11/h10-11,13H,2-9H2,1H3. The lowest BCUT2D eigenvalue weighted by Crippen LogP contribution is -2.04. The highest BCUT2D eigenvalue weighted by Gasteiger charge is 2.20. The summed E-state index contributed by atoms with van der Waals surface area (Å²) in [6.07, 6.45) is 6.60. The van der Waals surface area contributed by atoms with Gasteiger partial charge in [-0.25, -0.2) is 0 Å². The molecule has 0 bridgehead atoms. The van der Waals surface area contributed by atoms with Crippen LogP contribution in [0.1, 0.15) is 39.0 Å². The van der Waals surface area contributed by atoms with Gasteiger partial charge < -0.3 is 4.74 Å². The van der Waals surface area contributed by atoms with E-state index < -0.39 is 0 Å². The third-order valence-corrected chi connectivity index (χ3v) is 3.00. The first-order chi connectivity index (χ1) is 6.33. The van der Waals surface area contributed by atoms with Gasteiger partial charge >= 0.3 is 0 Å². The van der Waals surface area contributed by atoms with Gasteiger partial charge in [0.1, 0.15) is 0 Å². The number of thiol groups is 1. The Morgan fingerprint density at radius 3 is 2.69 bits per heavy atom. The second-order valence-electron chi connectivity index (χ2n) is 4.25. The first-order valence-electron chi connectivity index (χ1n) is 5.51. The maximum Gasteiger partial charge on any atom is 0.0468 e. The van der Waals surface area contributed by atoms with Gasteiger partial charge in [-0.15, -0.1) is 0 Å². The van der Waals surface area contributed by atoms with Gasteiger partial charge in [-0.1, -0.05) is 19.8 Å². The van der Waals surface area contributed by atoms with Crippen LogP contribution in [-0.4, -0.2) is 19.0 Å². The van der Waals surface area contributed by atoms with Gasteiger partial charge in [0.25, 0.3) is 0 Å². The SMILES string of the molecule is CC(CCS)CCOCCC1CC1. The summed E-state index contributed by atoms with van der Waals surface area (Å²) >= 11 is 4.22. The lowest BCUT2D eigenvalue weighted by molar-refractivity contribution is 0.116. The van der Waals surface area contributed by atoms with Gasteiger partial charge in [0, 0.05) is 13.2 Å². The molecule has 2 heteroatoms. The number of rotatable bonds is 8. The van der Waals surface area contributed by atoms with Crippen molar-refractivity contribution >= 4 is 12.6 Å². The maximum absolute atomic E-state index is 5.58. The van der Waals surface area contributed by atoms with Crippen LogP contribution in [0.25, 0.3) is 0 Å². The van der Waals surface area contributed by atoms with E-state index in [1.807, 2.05) is 0 Å². The molecule has 0 N–H and O–H groups in total. The maximum atomic E-state index is 5.58. The average molecular weight is 202 g/mol. The zero-order chi connectivity index (χ0) is 9.52. The monoisotopic (exact) mass is 202 g/mol. The number of hydrogen-bond donors (Lipinski definition) is 1. The van der Waals surface area contributed by atoms with Crippen molar-refractivity contribution in [3.8, 4) is 0 Å². The van der Waals surface area contributed by atoms with Crippen LogP contribution in [0.2, 0.25) is 0 Å². The molecule has 0 aromatic carbocycles. The molecule has 0 radical (unpaired) electrons. The Kier molecular flexibility index (Phi) is 5.88. The first kappa shape index (κ1) is 11.4. The minimum absolute atomic E-state index is 0.776. The normalized spacial score (nSPS) is 18.9. The smallest absolute Gasteiger partial charge is 0.0468 e. The van der Waals surface area contributed by atoms with E-state index in [4.69, 9.17) is 4.74 Å². The molecule has 13 heavy (non-hydrogen) atoms. The van der Waals surface area contributed by atoms with E-state index in [9.17, 15) is 0 Å². The molecule has 0 aromatic heterocycles. The van der Waals surface area contributed by atoms with Crippen molar-refractivity contribution in [2.24, 2.45) is 11.8 Å². The fourth-order valence-electron chi connectivity index (χ4n) is 1.41. The van der Waals surface area contributed by atoms with E-state index in [2.05, 4.69) is 19.6 Å². The molecule has 0 aromatic rings. The fraction of sp³-hybridized carbons (Fsp3) is 1.00. The molecule has 1 nitrogen and oxygen atoms in total. The van der Waals surface area contributed by atoms with Gasteiger partial charge in [0.05, 0.1) is 0 Å². The molecule has 1 unspecified atom stereocenters. The van der Waals surface area contributed by atoms with Crippen molar-refractivity contribution in [2.45, 2.75) is 39.0 Å². The highest BCUT2D eigenvalue weighted by molar-refractivity contribution is 7.80. The third kappa shape index (κ3) is 6.39. The summed E-state index contributed by atoms with van der Waals surface area (Å²) in [4.78, 5) is 0. The summed E-state index contributed by atoms with van der Waals surface area (Å²) in [6.45, 7) is 4.21. The fourth-order valence-corrected chi connectivity index (χ4v) is 1.85. The minimum Gasteiger partial charge on any atom is -0.381 e. The molecule has 1 saturated carbocycles. The van der Waals surface area contributed by atoms with Crippen LogP contribution in [0.4, 0.5) is 0 Å². The quantitative estimate of drug-likeness (QED) is 0.470. The molecule has 0 heterocycles. The van der Waals surface area contributed by atoms with Crippen LogP contribution in [0, 0.1) is 11.8 Å². The lowest BCUT2D eigenvalue weighted by atomic mass is 10.1. The van der Waals surface area contributed by atoms with E-state index in [1.54, 1.807) is 0 Å². The van der Waals surface area contributed by atoms with Crippen molar-refractivity contribution < 1.29 is 4.74 Å². The first-order valence-corrected chi connectivity index (χ1v) is 6.14. The zero-order valence-corrected chi connectivity index (χ0v) is 9.56. The zero-order valence-electron chi connectivity index (χ0n) is 8.67. The van der Waals surface area contributed by atoms with Gasteiger partial charge in [0.2, 0.25) is 0 Å². The minimum atomic E-state index is 0.776. The molecule has 0 aliphatic heterocycles. The van der Waals surface area contributed by atoms with Crippen molar-refractivity contribution in [3.63, 3.8) is 0 Å². The molecule has 1 atom stereocenters. The van der Waals surface area contributed by atoms with Crippen LogP contribution in [-0.2, 0) is 4.74 Å². The second kappa shape index (κ2) is 6.72. The summed E-state index contributed by atoms with van der Waals surface area (Å²) in [5.41, 5.74) is 0. The summed E-state index contributed by atoms with van der Waals surface area (Å²) in [5.74, 6) is 2.79. The predicted octanol–water partition coefficient (Wildman–Crippen LogP) is 3.15. The van der Waals surface area contributed by atoms with Gasteiger partial charge in [-0.3, -0.25) is 0 Å². The molecule has 0 amide bonds. The highest BCUT2D eigenvalue weighted by Crippen LogP contribution is 2.32. The molecular formula is C11H22OS. The van der Waals surface area contributed by atoms with Crippen LogP contribution < -0.4 is 0 Å². The summed E-state index contributed by atoms with van der Waals surface area (Å²) < 4.78 is 5.58. The van der Waals surface area contributed by atoms with E-state index in [-0.39, 0.29) is 0 Å². The molecule has 1 fully saturated rings. The van der Waals surface area contributed by atoms with Crippen molar-refractivity contribution in [2.75, 3.05) is 19.0 Å². The molecule has 78 valence electrons. The van der Waals surface area contributed by atoms with Crippen LogP contribution in [0.15, 0.2) is 0 Å². The number of hydrogen-bond acceptors (Lipinski definition) is 2. The Hall–Kier alpha value is 0.310. The molecular weight excluding hydrogens is 180 g/mol. The molecule has 1 rings (SSSR count). The molecule has 1 aliphatic carbocycles. The van der Waals surface area contributed by atoms with Crippen LogP contribution in [0.5, 0.6) is 0 Å². The Balaban J connectivity index is 1.76. The molecule has 0 spiro atoms. The van der Waals surface area contributed by atoms with E-state index >= 15 is 0 Å². The van der Waals surface area contributed by atoms with Gasteiger partial charge in [-0.2, -0.15) is 12.6 Å². The Morgan fingerprint density at radius 1 is 1.31 bits per heavy atom. The van der Waals surface area contributed by atoms with Crippen molar-refractivity contribution in [1.82, 2.24) is 0 Å².